The summed E-state index contributed by atoms with van der Waals surface area (Å²) in [5, 5.41) is 19.7. The molecule has 1 aliphatic heterocycles. The maximum Gasteiger partial charge on any atom is 0.338 e. The van der Waals surface area contributed by atoms with Gasteiger partial charge in [-0.3, -0.25) is 4.79 Å². The molecule has 1 aliphatic rings. The van der Waals surface area contributed by atoms with Gasteiger partial charge in [0, 0.05) is 16.8 Å². The Kier molecular flexibility index (Phi) is 10.9. The standard InChI is InChI=1S/C32H31N5O6S/c1-4-41-31(39)29-20(2)35-32(44)36-30(29)24-11-7-8-12-25(24)43-19-28(38)37-34-17-21-13-14-26(27(15-21)40-3)42-18-23-10-6-5-9-22(23)16-33/h5-15,17,30H,4,18-19H2,1-3H3,(H,37,38)(H2,35,36,44)/t30-/m0/s1. The number of amides is 1. The molecule has 0 radical (unpaired) electrons. The lowest BCUT2D eigenvalue weighted by atomic mass is 9.95. The van der Waals surface area contributed by atoms with E-state index >= 15 is 0 Å². The van der Waals surface area contributed by atoms with E-state index in [4.69, 9.17) is 31.2 Å². The van der Waals surface area contributed by atoms with Gasteiger partial charge < -0.3 is 29.6 Å². The fourth-order valence-corrected chi connectivity index (χ4v) is 4.68. The van der Waals surface area contributed by atoms with Gasteiger partial charge in [0.15, 0.2) is 23.2 Å². The summed E-state index contributed by atoms with van der Waals surface area (Å²) in [6.45, 7) is 3.56. The molecule has 4 rings (SSSR count). The number of para-hydroxylation sites is 1. The molecule has 1 atom stereocenters. The summed E-state index contributed by atoms with van der Waals surface area (Å²) >= 11 is 5.31. The summed E-state index contributed by atoms with van der Waals surface area (Å²) in [4.78, 5) is 25.3. The van der Waals surface area contributed by atoms with Crippen LogP contribution in [0, 0.1) is 11.3 Å². The van der Waals surface area contributed by atoms with E-state index in [2.05, 4.69) is 27.2 Å². The van der Waals surface area contributed by atoms with Gasteiger partial charge in [-0.05, 0) is 62.0 Å². The fourth-order valence-electron chi connectivity index (χ4n) is 4.41. The first-order chi connectivity index (χ1) is 21.3. The number of hydrogen-bond acceptors (Lipinski definition) is 9. The van der Waals surface area contributed by atoms with Crippen LogP contribution < -0.4 is 30.3 Å². The average Bonchev–Trinajstić information content (AvgIpc) is 3.03. The molecule has 0 unspecified atom stereocenters. The van der Waals surface area contributed by atoms with Crippen molar-refractivity contribution in [2.24, 2.45) is 5.10 Å². The molecule has 12 heteroatoms. The third kappa shape index (κ3) is 7.90. The van der Waals surface area contributed by atoms with Crippen molar-refractivity contribution in [3.05, 3.63) is 100 Å². The van der Waals surface area contributed by atoms with Crippen molar-refractivity contribution in [2.45, 2.75) is 26.5 Å². The highest BCUT2D eigenvalue weighted by atomic mass is 32.1. The molecule has 0 fully saturated rings. The summed E-state index contributed by atoms with van der Waals surface area (Å²) in [6.07, 6.45) is 1.46. The summed E-state index contributed by atoms with van der Waals surface area (Å²) in [7, 11) is 1.52. The minimum Gasteiger partial charge on any atom is -0.493 e. The molecule has 0 saturated heterocycles. The van der Waals surface area contributed by atoms with Gasteiger partial charge in [-0.15, -0.1) is 0 Å². The van der Waals surface area contributed by atoms with Crippen LogP contribution >= 0.6 is 12.2 Å². The van der Waals surface area contributed by atoms with Crippen LogP contribution in [0.15, 0.2) is 83.1 Å². The highest BCUT2D eigenvalue weighted by Gasteiger charge is 2.32. The zero-order valence-corrected chi connectivity index (χ0v) is 25.2. The van der Waals surface area contributed by atoms with Gasteiger partial charge in [-0.25, -0.2) is 10.2 Å². The Morgan fingerprint density at radius 3 is 2.61 bits per heavy atom. The number of hydrazone groups is 1. The Morgan fingerprint density at radius 1 is 1.07 bits per heavy atom. The van der Waals surface area contributed by atoms with Crippen LogP contribution in [0.25, 0.3) is 0 Å². The molecule has 1 heterocycles. The number of carbonyl (C=O) groups is 2. The van der Waals surface area contributed by atoms with E-state index in [1.54, 1.807) is 68.4 Å². The second kappa shape index (κ2) is 15.2. The number of benzene rings is 3. The summed E-state index contributed by atoms with van der Waals surface area (Å²) < 4.78 is 22.4. The smallest absolute Gasteiger partial charge is 0.338 e. The second-order valence-corrected chi connectivity index (χ2v) is 9.79. The third-order valence-electron chi connectivity index (χ3n) is 6.46. The minimum absolute atomic E-state index is 0.202. The number of esters is 1. The molecule has 0 bridgehead atoms. The lowest BCUT2D eigenvalue weighted by molar-refractivity contribution is -0.139. The summed E-state index contributed by atoms with van der Waals surface area (Å²) in [5.74, 6) is 0.368. The highest BCUT2D eigenvalue weighted by molar-refractivity contribution is 7.80. The Hall–Kier alpha value is -5.41. The number of ether oxygens (including phenoxy) is 4. The first kappa shape index (κ1) is 31.5. The molecule has 0 aromatic heterocycles. The molecular weight excluding hydrogens is 582 g/mol. The van der Waals surface area contributed by atoms with Crippen LogP contribution in [0.4, 0.5) is 0 Å². The molecular formula is C32H31N5O6S. The molecule has 0 saturated carbocycles. The molecule has 3 aromatic rings. The molecule has 3 N–H and O–H groups in total. The number of rotatable bonds is 12. The first-order valence-electron chi connectivity index (χ1n) is 13.6. The van der Waals surface area contributed by atoms with Crippen LogP contribution in [-0.4, -0.2) is 43.5 Å². The maximum absolute atomic E-state index is 12.7. The quantitative estimate of drug-likeness (QED) is 0.119. The van der Waals surface area contributed by atoms with Gasteiger partial charge in [-0.1, -0.05) is 36.4 Å². The van der Waals surface area contributed by atoms with E-state index in [-0.39, 0.29) is 19.8 Å². The van der Waals surface area contributed by atoms with Crippen LogP contribution in [0.3, 0.4) is 0 Å². The van der Waals surface area contributed by atoms with Crippen molar-refractivity contribution in [2.75, 3.05) is 20.3 Å². The Balaban J connectivity index is 1.37. The molecule has 0 spiro atoms. The van der Waals surface area contributed by atoms with Gasteiger partial charge in [-0.2, -0.15) is 10.4 Å². The zero-order chi connectivity index (χ0) is 31.5. The van der Waals surface area contributed by atoms with Crippen LogP contribution in [0.2, 0.25) is 0 Å². The van der Waals surface area contributed by atoms with Gasteiger partial charge in [0.05, 0.1) is 43.2 Å². The summed E-state index contributed by atoms with van der Waals surface area (Å²) in [6, 6.07) is 20.9. The van der Waals surface area contributed by atoms with Crippen molar-refractivity contribution < 1.29 is 28.5 Å². The van der Waals surface area contributed by atoms with Crippen molar-refractivity contribution in [3.63, 3.8) is 0 Å². The molecule has 11 nitrogen and oxygen atoms in total. The molecule has 3 aromatic carbocycles. The Labute approximate surface area is 260 Å². The fraction of sp³-hybridized carbons (Fsp3) is 0.219. The maximum atomic E-state index is 12.7. The van der Waals surface area contributed by atoms with Crippen LogP contribution in [0.5, 0.6) is 17.2 Å². The van der Waals surface area contributed by atoms with Crippen molar-refractivity contribution in [1.29, 1.82) is 5.26 Å². The molecule has 0 aliphatic carbocycles. The van der Waals surface area contributed by atoms with Crippen molar-refractivity contribution in [1.82, 2.24) is 16.1 Å². The number of methoxy groups -OCH3 is 1. The first-order valence-corrected chi connectivity index (χ1v) is 14.0. The Morgan fingerprint density at radius 2 is 1.84 bits per heavy atom. The van der Waals surface area contributed by atoms with Gasteiger partial charge >= 0.3 is 5.97 Å². The summed E-state index contributed by atoms with van der Waals surface area (Å²) in [5.41, 5.74) is 5.94. The lowest BCUT2D eigenvalue weighted by Gasteiger charge is -2.30. The number of nitrogens with zero attached hydrogens (tertiary/aromatic N) is 2. The molecule has 226 valence electrons. The third-order valence-corrected chi connectivity index (χ3v) is 6.68. The van der Waals surface area contributed by atoms with Crippen molar-refractivity contribution >= 4 is 35.4 Å². The van der Waals surface area contributed by atoms with E-state index in [0.717, 1.165) is 5.56 Å². The minimum atomic E-state index is -0.636. The number of nitriles is 1. The number of carbonyl (C=O) groups excluding carboxylic acids is 2. The lowest BCUT2D eigenvalue weighted by Crippen LogP contribution is -2.45. The number of hydrogen-bond donors (Lipinski definition) is 3. The zero-order valence-electron chi connectivity index (χ0n) is 24.4. The monoisotopic (exact) mass is 613 g/mol. The van der Waals surface area contributed by atoms with E-state index in [1.807, 2.05) is 12.1 Å². The number of allylic oxidation sites excluding steroid dienone is 1. The van der Waals surface area contributed by atoms with E-state index in [9.17, 15) is 14.9 Å². The number of nitrogens with one attached hydrogen (secondary N) is 3. The number of thiocarbonyl (C=S) groups is 1. The normalized spacial score (nSPS) is 14.2. The second-order valence-electron chi connectivity index (χ2n) is 9.38. The highest BCUT2D eigenvalue weighted by Crippen LogP contribution is 2.33. The van der Waals surface area contributed by atoms with E-state index < -0.39 is 17.9 Å². The SMILES string of the molecule is CCOC(=O)C1=C(C)NC(=S)N[C@H]1c1ccccc1OCC(=O)NN=Cc1ccc(OCc2ccccc2C#N)c(OC)c1. The van der Waals surface area contributed by atoms with E-state index in [0.29, 0.717) is 50.3 Å². The molecule has 1 amide bonds. The van der Waals surface area contributed by atoms with Gasteiger partial charge in [0.1, 0.15) is 12.4 Å². The predicted octanol–water partition coefficient (Wildman–Crippen LogP) is 4.03. The van der Waals surface area contributed by atoms with Gasteiger partial charge in [0.25, 0.3) is 5.91 Å². The van der Waals surface area contributed by atoms with Crippen molar-refractivity contribution in [3.8, 4) is 23.3 Å². The average molecular weight is 614 g/mol. The topological polar surface area (TPSA) is 143 Å². The predicted molar refractivity (Wildman–Crippen MR) is 167 cm³/mol. The van der Waals surface area contributed by atoms with Crippen LogP contribution in [0.1, 0.15) is 42.1 Å². The largest absolute Gasteiger partial charge is 0.493 e. The Bertz CT molecular complexity index is 1650. The van der Waals surface area contributed by atoms with Crippen LogP contribution in [-0.2, 0) is 20.9 Å². The van der Waals surface area contributed by atoms with E-state index in [1.165, 1.54) is 13.3 Å². The molecule has 44 heavy (non-hydrogen) atoms. The van der Waals surface area contributed by atoms with Gasteiger partial charge in [0.2, 0.25) is 0 Å².